The fourth-order valence-electron chi connectivity index (χ4n) is 3.81. The highest BCUT2D eigenvalue weighted by Gasteiger charge is 2.35. The number of fused-ring (bicyclic) bond motifs is 1. The van der Waals surface area contributed by atoms with Gasteiger partial charge in [0.25, 0.3) is 0 Å². The number of aromatic nitrogens is 4. The fraction of sp³-hybridized carbons (Fsp3) is 0.400. The van der Waals surface area contributed by atoms with Crippen LogP contribution in [0.25, 0.3) is 11.0 Å². The zero-order valence-corrected chi connectivity index (χ0v) is 15.8. The number of nitrogens with one attached hydrogen (secondary N) is 2. The van der Waals surface area contributed by atoms with Crippen molar-refractivity contribution in [2.45, 2.75) is 38.0 Å². The number of hydrogen-bond acceptors (Lipinski definition) is 5. The van der Waals surface area contributed by atoms with Gasteiger partial charge in [-0.3, -0.25) is 9.78 Å². The Morgan fingerprint density at radius 1 is 1.28 bits per heavy atom. The van der Waals surface area contributed by atoms with Crippen LogP contribution in [0.5, 0.6) is 0 Å². The predicted molar refractivity (Wildman–Crippen MR) is 102 cm³/mol. The molecule has 1 saturated carbocycles. The second-order valence-corrected chi connectivity index (χ2v) is 7.38. The number of anilines is 1. The SMILES string of the molecule is CNc1ncnc2[nH]cc(C(=O)c3cnc(CC4CCC(F)(F)CC4)c(F)c3)c12. The molecular weight excluding hydrogens is 383 g/mol. The lowest BCUT2D eigenvalue weighted by Crippen LogP contribution is -2.25. The Balaban J connectivity index is 1.56. The van der Waals surface area contributed by atoms with E-state index in [4.69, 9.17) is 0 Å². The summed E-state index contributed by atoms with van der Waals surface area (Å²) in [6.45, 7) is 0. The molecule has 0 bridgehead atoms. The van der Waals surface area contributed by atoms with E-state index in [1.165, 1.54) is 18.7 Å². The Hall–Kier alpha value is -2.97. The lowest BCUT2D eigenvalue weighted by atomic mass is 9.84. The zero-order chi connectivity index (χ0) is 20.6. The summed E-state index contributed by atoms with van der Waals surface area (Å²) in [4.78, 5) is 28.2. The van der Waals surface area contributed by atoms with Crippen LogP contribution in [-0.4, -0.2) is 38.7 Å². The van der Waals surface area contributed by atoms with E-state index in [0.717, 1.165) is 6.07 Å². The number of H-pyrrole nitrogens is 1. The van der Waals surface area contributed by atoms with Crippen molar-refractivity contribution in [3.63, 3.8) is 0 Å². The van der Waals surface area contributed by atoms with Gasteiger partial charge in [-0.15, -0.1) is 0 Å². The number of alkyl halides is 2. The van der Waals surface area contributed by atoms with Gasteiger partial charge in [0.05, 0.1) is 16.6 Å². The summed E-state index contributed by atoms with van der Waals surface area (Å²) in [6, 6.07) is 1.16. The van der Waals surface area contributed by atoms with Crippen LogP contribution in [0.3, 0.4) is 0 Å². The molecule has 3 aromatic heterocycles. The second kappa shape index (κ2) is 7.46. The molecule has 3 heterocycles. The maximum Gasteiger partial charge on any atom is 0.248 e. The summed E-state index contributed by atoms with van der Waals surface area (Å²) < 4.78 is 41.2. The molecule has 0 saturated heterocycles. The molecule has 0 amide bonds. The largest absolute Gasteiger partial charge is 0.372 e. The molecule has 0 aromatic carbocycles. The van der Waals surface area contributed by atoms with Crippen molar-refractivity contribution in [2.75, 3.05) is 12.4 Å². The van der Waals surface area contributed by atoms with Gasteiger partial charge in [0, 0.05) is 37.8 Å². The maximum absolute atomic E-state index is 14.6. The molecule has 1 aliphatic carbocycles. The van der Waals surface area contributed by atoms with Crippen molar-refractivity contribution in [1.29, 1.82) is 0 Å². The molecule has 29 heavy (non-hydrogen) atoms. The first-order valence-electron chi connectivity index (χ1n) is 9.45. The molecule has 0 aliphatic heterocycles. The van der Waals surface area contributed by atoms with Crippen LogP contribution < -0.4 is 5.32 Å². The van der Waals surface area contributed by atoms with Crippen molar-refractivity contribution < 1.29 is 18.0 Å². The van der Waals surface area contributed by atoms with E-state index in [-0.39, 0.29) is 30.0 Å². The molecule has 0 spiro atoms. The fourth-order valence-corrected chi connectivity index (χ4v) is 3.81. The number of pyridine rings is 1. The summed E-state index contributed by atoms with van der Waals surface area (Å²) in [5.41, 5.74) is 1.11. The topological polar surface area (TPSA) is 83.6 Å². The van der Waals surface area contributed by atoms with Gasteiger partial charge in [0.2, 0.25) is 5.92 Å². The number of halogens is 3. The standard InChI is InChI=1S/C20H20F3N5O/c1-24-18-16-13(9-26-19(16)28-10-27-18)17(29)12-7-14(21)15(25-8-12)6-11-2-4-20(22,23)5-3-11/h7-11H,2-6H2,1H3,(H2,24,26,27,28). The number of ketones is 1. The number of hydrogen-bond donors (Lipinski definition) is 2. The van der Waals surface area contributed by atoms with Gasteiger partial charge >= 0.3 is 0 Å². The Bertz CT molecular complexity index is 1060. The average molecular weight is 403 g/mol. The lowest BCUT2D eigenvalue weighted by molar-refractivity contribution is -0.0457. The van der Waals surface area contributed by atoms with Crippen molar-refractivity contribution in [3.05, 3.63) is 47.4 Å². The van der Waals surface area contributed by atoms with Crippen LogP contribution in [0.1, 0.15) is 47.3 Å². The van der Waals surface area contributed by atoms with Gasteiger partial charge in [-0.2, -0.15) is 0 Å². The molecule has 0 atom stereocenters. The lowest BCUT2D eigenvalue weighted by Gasteiger charge is -2.28. The number of carbonyl (C=O) groups excluding carboxylic acids is 1. The monoisotopic (exact) mass is 403 g/mol. The summed E-state index contributed by atoms with van der Waals surface area (Å²) >= 11 is 0. The van der Waals surface area contributed by atoms with E-state index in [1.54, 1.807) is 7.05 Å². The predicted octanol–water partition coefficient (Wildman–Crippen LogP) is 4.13. The molecule has 4 rings (SSSR count). The maximum atomic E-state index is 14.6. The van der Waals surface area contributed by atoms with Crippen LogP contribution in [0, 0.1) is 11.7 Å². The first-order chi connectivity index (χ1) is 13.9. The molecule has 152 valence electrons. The Kier molecular flexibility index (Phi) is 4.97. The van der Waals surface area contributed by atoms with Crippen molar-refractivity contribution in [3.8, 4) is 0 Å². The Morgan fingerprint density at radius 3 is 2.72 bits per heavy atom. The normalized spacial score (nSPS) is 16.8. The molecule has 3 aromatic rings. The van der Waals surface area contributed by atoms with Gasteiger partial charge < -0.3 is 10.3 Å². The van der Waals surface area contributed by atoms with Gasteiger partial charge in [-0.25, -0.2) is 23.1 Å². The van der Waals surface area contributed by atoms with E-state index in [9.17, 15) is 18.0 Å². The van der Waals surface area contributed by atoms with Gasteiger partial charge in [0.1, 0.15) is 23.6 Å². The summed E-state index contributed by atoms with van der Waals surface area (Å²) in [7, 11) is 1.68. The Labute approximate surface area is 165 Å². The Morgan fingerprint density at radius 2 is 2.03 bits per heavy atom. The van der Waals surface area contributed by atoms with E-state index in [0.29, 0.717) is 41.7 Å². The zero-order valence-electron chi connectivity index (χ0n) is 15.8. The van der Waals surface area contributed by atoms with E-state index in [2.05, 4.69) is 25.3 Å². The van der Waals surface area contributed by atoms with Crippen molar-refractivity contribution in [2.24, 2.45) is 5.92 Å². The number of nitrogens with zero attached hydrogens (tertiary/aromatic N) is 3. The summed E-state index contributed by atoms with van der Waals surface area (Å²) in [5.74, 6) is -3.16. The van der Waals surface area contributed by atoms with Crippen LogP contribution in [0.2, 0.25) is 0 Å². The minimum atomic E-state index is -2.62. The number of carbonyl (C=O) groups is 1. The van der Waals surface area contributed by atoms with E-state index < -0.39 is 17.5 Å². The van der Waals surface area contributed by atoms with Crippen LogP contribution >= 0.6 is 0 Å². The molecule has 0 unspecified atom stereocenters. The van der Waals surface area contributed by atoms with Crippen LogP contribution in [0.4, 0.5) is 19.0 Å². The minimum absolute atomic E-state index is 0.0258. The van der Waals surface area contributed by atoms with Gasteiger partial charge in [-0.1, -0.05) is 0 Å². The first-order valence-corrected chi connectivity index (χ1v) is 9.45. The van der Waals surface area contributed by atoms with E-state index in [1.807, 2.05) is 0 Å². The van der Waals surface area contributed by atoms with Crippen LogP contribution in [-0.2, 0) is 6.42 Å². The molecule has 2 N–H and O–H groups in total. The van der Waals surface area contributed by atoms with Crippen LogP contribution in [0.15, 0.2) is 24.8 Å². The quantitative estimate of drug-likeness (QED) is 0.626. The summed E-state index contributed by atoms with van der Waals surface area (Å²) in [6.07, 6.45) is 4.85. The van der Waals surface area contributed by atoms with Gasteiger partial charge in [0.15, 0.2) is 5.78 Å². The highest BCUT2D eigenvalue weighted by Crippen LogP contribution is 2.37. The van der Waals surface area contributed by atoms with Crippen molar-refractivity contribution in [1.82, 2.24) is 19.9 Å². The number of rotatable bonds is 5. The highest BCUT2D eigenvalue weighted by molar-refractivity contribution is 6.17. The van der Waals surface area contributed by atoms with E-state index >= 15 is 0 Å². The minimum Gasteiger partial charge on any atom is -0.372 e. The highest BCUT2D eigenvalue weighted by atomic mass is 19.3. The third-order valence-electron chi connectivity index (χ3n) is 5.45. The van der Waals surface area contributed by atoms with Gasteiger partial charge in [-0.05, 0) is 31.2 Å². The number of aromatic amines is 1. The smallest absolute Gasteiger partial charge is 0.248 e. The molecule has 1 aliphatic rings. The molecule has 9 heteroatoms. The molecule has 0 radical (unpaired) electrons. The first kappa shape index (κ1) is 19.4. The third-order valence-corrected chi connectivity index (χ3v) is 5.45. The summed E-state index contributed by atoms with van der Waals surface area (Å²) in [5, 5.41) is 3.43. The molecular formula is C20H20F3N5O. The van der Waals surface area contributed by atoms with Crippen molar-refractivity contribution >= 4 is 22.6 Å². The molecule has 1 fully saturated rings. The second-order valence-electron chi connectivity index (χ2n) is 7.38. The molecule has 6 nitrogen and oxygen atoms in total. The average Bonchev–Trinajstić information content (AvgIpc) is 3.14. The third kappa shape index (κ3) is 3.81.